The highest BCUT2D eigenvalue weighted by molar-refractivity contribution is 5.83. The van der Waals surface area contributed by atoms with Crippen LogP contribution in [-0.2, 0) is 7.05 Å². The molecule has 0 bridgehead atoms. The average Bonchev–Trinajstić information content (AvgIpc) is 3.34. The fraction of sp³-hybridized carbons (Fsp3) is 0.0500. The number of hydrogen-bond acceptors (Lipinski definition) is 7. The fourth-order valence-corrected chi connectivity index (χ4v) is 2.98. The molecule has 0 atom stereocenters. The van der Waals surface area contributed by atoms with Crippen molar-refractivity contribution >= 4 is 22.7 Å². The summed E-state index contributed by atoms with van der Waals surface area (Å²) in [6, 6.07) is 15.4. The number of pyridine rings is 1. The number of hydrogen-bond donors (Lipinski definition) is 1. The Morgan fingerprint density at radius 1 is 1.00 bits per heavy atom. The molecule has 0 amide bonds. The highest BCUT2D eigenvalue weighted by atomic mass is 16.5. The molecule has 29 heavy (non-hydrogen) atoms. The molecule has 9 heteroatoms. The first-order valence-electron chi connectivity index (χ1n) is 8.91. The molecule has 1 N–H and O–H groups in total. The number of rotatable bonds is 5. The predicted octanol–water partition coefficient (Wildman–Crippen LogP) is 3.48. The van der Waals surface area contributed by atoms with Gasteiger partial charge in [-0.2, -0.15) is 4.98 Å². The summed E-state index contributed by atoms with van der Waals surface area (Å²) < 4.78 is 9.55. The Morgan fingerprint density at radius 3 is 2.79 bits per heavy atom. The van der Waals surface area contributed by atoms with Crippen molar-refractivity contribution in [2.45, 2.75) is 0 Å². The summed E-state index contributed by atoms with van der Waals surface area (Å²) in [7, 11) is 1.79. The van der Waals surface area contributed by atoms with Crippen LogP contribution in [0.4, 0.5) is 11.8 Å². The van der Waals surface area contributed by atoms with E-state index >= 15 is 0 Å². The van der Waals surface area contributed by atoms with Crippen LogP contribution in [0.5, 0.6) is 11.6 Å². The molecular weight excluding hydrogens is 368 g/mol. The minimum Gasteiger partial charge on any atom is -0.439 e. The van der Waals surface area contributed by atoms with Crippen molar-refractivity contribution < 1.29 is 4.74 Å². The van der Waals surface area contributed by atoms with E-state index in [0.29, 0.717) is 23.4 Å². The average molecular weight is 384 g/mol. The van der Waals surface area contributed by atoms with Crippen molar-refractivity contribution in [3.05, 3.63) is 73.3 Å². The molecule has 0 saturated carbocycles. The first-order valence-corrected chi connectivity index (χ1v) is 8.91. The van der Waals surface area contributed by atoms with E-state index in [0.717, 1.165) is 16.7 Å². The van der Waals surface area contributed by atoms with Crippen LogP contribution in [0.2, 0.25) is 0 Å². The Balaban J connectivity index is 1.38. The van der Waals surface area contributed by atoms with Gasteiger partial charge in [-0.1, -0.05) is 11.3 Å². The Morgan fingerprint density at radius 2 is 1.97 bits per heavy atom. The van der Waals surface area contributed by atoms with E-state index in [2.05, 4.69) is 30.6 Å². The van der Waals surface area contributed by atoms with E-state index in [-0.39, 0.29) is 0 Å². The Labute approximate surface area is 165 Å². The quantitative estimate of drug-likeness (QED) is 0.495. The second kappa shape index (κ2) is 7.04. The molecule has 1 aromatic carbocycles. The summed E-state index contributed by atoms with van der Waals surface area (Å²) in [6.07, 6.45) is 7.12. The number of nitrogens with one attached hydrogen (secondary N) is 1. The van der Waals surface area contributed by atoms with Crippen LogP contribution in [0.1, 0.15) is 0 Å². The molecular formula is C20H16N8O. The fourth-order valence-electron chi connectivity index (χ4n) is 2.98. The third-order valence-electron chi connectivity index (χ3n) is 4.25. The molecule has 4 aromatic heterocycles. The third-order valence-corrected chi connectivity index (χ3v) is 4.25. The van der Waals surface area contributed by atoms with Crippen LogP contribution < -0.4 is 10.1 Å². The molecule has 0 aliphatic carbocycles. The molecule has 0 aliphatic rings. The maximum atomic E-state index is 5.93. The standard InChI is InChI=1S/C20H16N8O/c1-27-13-17(25-26-27)23-20-22-10-7-19(24-20)29-15-5-6-16-14(12-15)8-11-28(16)18-4-2-3-9-21-18/h2-13H,1H3,(H,22,23,24). The Hall–Kier alpha value is -4.27. The predicted molar refractivity (Wildman–Crippen MR) is 107 cm³/mol. The van der Waals surface area contributed by atoms with Crippen LogP contribution in [0.15, 0.2) is 73.3 Å². The lowest BCUT2D eigenvalue weighted by Gasteiger charge is -2.08. The molecule has 0 aliphatic heterocycles. The van der Waals surface area contributed by atoms with Gasteiger partial charge in [-0.05, 0) is 36.4 Å². The van der Waals surface area contributed by atoms with E-state index in [1.807, 2.05) is 53.2 Å². The number of anilines is 2. The number of fused-ring (bicyclic) bond motifs is 1. The second-order valence-corrected chi connectivity index (χ2v) is 6.32. The summed E-state index contributed by atoms with van der Waals surface area (Å²) in [6.45, 7) is 0. The van der Waals surface area contributed by atoms with Gasteiger partial charge in [0, 0.05) is 37.1 Å². The maximum absolute atomic E-state index is 5.93. The third kappa shape index (κ3) is 3.48. The lowest BCUT2D eigenvalue weighted by atomic mass is 10.2. The van der Waals surface area contributed by atoms with Crippen LogP contribution >= 0.6 is 0 Å². The Bertz CT molecular complexity index is 1280. The molecule has 0 unspecified atom stereocenters. The van der Waals surface area contributed by atoms with Crippen LogP contribution in [0.3, 0.4) is 0 Å². The number of aryl methyl sites for hydroxylation is 1. The Kier molecular flexibility index (Phi) is 4.10. The van der Waals surface area contributed by atoms with Gasteiger partial charge in [0.15, 0.2) is 5.82 Å². The van der Waals surface area contributed by atoms with Gasteiger partial charge < -0.3 is 14.6 Å². The van der Waals surface area contributed by atoms with E-state index < -0.39 is 0 Å². The minimum absolute atomic E-state index is 0.380. The summed E-state index contributed by atoms with van der Waals surface area (Å²) in [5.74, 6) is 2.91. The lowest BCUT2D eigenvalue weighted by molar-refractivity contribution is 0.463. The van der Waals surface area contributed by atoms with Crippen molar-refractivity contribution in [1.29, 1.82) is 0 Å². The van der Waals surface area contributed by atoms with Crippen LogP contribution in [-0.4, -0.2) is 34.5 Å². The first-order chi connectivity index (χ1) is 14.2. The zero-order chi connectivity index (χ0) is 19.6. The molecule has 4 heterocycles. The van der Waals surface area contributed by atoms with E-state index in [1.54, 1.807) is 36.4 Å². The van der Waals surface area contributed by atoms with Gasteiger partial charge in [0.05, 0.1) is 11.7 Å². The SMILES string of the molecule is Cn1cc(Nc2nccc(Oc3ccc4c(ccn4-c4ccccn4)c3)n2)nn1. The van der Waals surface area contributed by atoms with E-state index in [9.17, 15) is 0 Å². The van der Waals surface area contributed by atoms with Gasteiger partial charge in [0.25, 0.3) is 0 Å². The summed E-state index contributed by atoms with van der Waals surface area (Å²) in [5.41, 5.74) is 1.05. The van der Waals surface area contributed by atoms with Crippen molar-refractivity contribution in [3.8, 4) is 17.4 Å². The van der Waals surface area contributed by atoms with Gasteiger partial charge >= 0.3 is 0 Å². The zero-order valence-electron chi connectivity index (χ0n) is 15.5. The smallest absolute Gasteiger partial charge is 0.231 e. The molecule has 0 spiro atoms. The minimum atomic E-state index is 0.380. The summed E-state index contributed by atoms with van der Waals surface area (Å²) >= 11 is 0. The normalized spacial score (nSPS) is 10.9. The molecule has 142 valence electrons. The largest absolute Gasteiger partial charge is 0.439 e. The van der Waals surface area contributed by atoms with Gasteiger partial charge in [-0.3, -0.25) is 4.68 Å². The summed E-state index contributed by atoms with van der Waals surface area (Å²) in [5, 5.41) is 11.9. The number of aromatic nitrogens is 7. The number of ether oxygens (including phenoxy) is 1. The molecule has 5 rings (SSSR count). The molecule has 0 saturated heterocycles. The molecule has 5 aromatic rings. The zero-order valence-corrected chi connectivity index (χ0v) is 15.5. The first kappa shape index (κ1) is 16.9. The molecule has 0 fully saturated rings. The number of benzene rings is 1. The van der Waals surface area contributed by atoms with Crippen LogP contribution in [0.25, 0.3) is 16.7 Å². The van der Waals surface area contributed by atoms with E-state index in [4.69, 9.17) is 4.74 Å². The van der Waals surface area contributed by atoms with Gasteiger partial charge in [-0.25, -0.2) is 9.97 Å². The van der Waals surface area contributed by atoms with Gasteiger partial charge in [0.1, 0.15) is 11.6 Å². The van der Waals surface area contributed by atoms with Gasteiger partial charge in [-0.15, -0.1) is 5.10 Å². The van der Waals surface area contributed by atoms with Gasteiger partial charge in [0.2, 0.25) is 11.8 Å². The molecule has 9 nitrogen and oxygen atoms in total. The van der Waals surface area contributed by atoms with E-state index in [1.165, 1.54) is 0 Å². The maximum Gasteiger partial charge on any atom is 0.231 e. The highest BCUT2D eigenvalue weighted by Gasteiger charge is 2.08. The van der Waals surface area contributed by atoms with Crippen molar-refractivity contribution in [3.63, 3.8) is 0 Å². The number of nitrogens with zero attached hydrogens (tertiary/aromatic N) is 7. The highest BCUT2D eigenvalue weighted by Crippen LogP contribution is 2.27. The van der Waals surface area contributed by atoms with Crippen LogP contribution in [0, 0.1) is 0 Å². The van der Waals surface area contributed by atoms with Crippen molar-refractivity contribution in [2.75, 3.05) is 5.32 Å². The second-order valence-electron chi connectivity index (χ2n) is 6.32. The van der Waals surface area contributed by atoms with Crippen molar-refractivity contribution in [2.24, 2.45) is 7.05 Å². The summed E-state index contributed by atoms with van der Waals surface area (Å²) in [4.78, 5) is 13.0. The molecule has 0 radical (unpaired) electrons. The lowest BCUT2D eigenvalue weighted by Crippen LogP contribution is -1.98. The monoisotopic (exact) mass is 384 g/mol. The van der Waals surface area contributed by atoms with Crippen molar-refractivity contribution in [1.82, 2.24) is 34.5 Å². The topological polar surface area (TPSA) is 95.6 Å².